The maximum absolute atomic E-state index is 11.4. The molecule has 0 radical (unpaired) electrons. The lowest BCUT2D eigenvalue weighted by molar-refractivity contribution is -0.144. The zero-order valence-electron chi connectivity index (χ0n) is 21.4. The lowest BCUT2D eigenvalue weighted by Crippen LogP contribution is -2.51. The second kappa shape index (κ2) is 9.02. The average molecular weight is 431 g/mol. The zero-order chi connectivity index (χ0) is 22.4. The molecular formula is C29H50O2. The summed E-state index contributed by atoms with van der Waals surface area (Å²) in [4.78, 5) is 11.4. The molecule has 0 spiro atoms. The molecule has 4 aliphatic carbocycles. The van der Waals surface area contributed by atoms with Crippen LogP contribution in [0.1, 0.15) is 112 Å². The van der Waals surface area contributed by atoms with Gasteiger partial charge in [-0.15, -0.1) is 0 Å². The van der Waals surface area contributed by atoms with E-state index < -0.39 is 0 Å². The van der Waals surface area contributed by atoms with Crippen molar-refractivity contribution in [3.63, 3.8) is 0 Å². The number of fused-ring (bicyclic) bond motifs is 5. The predicted molar refractivity (Wildman–Crippen MR) is 129 cm³/mol. The molecule has 31 heavy (non-hydrogen) atoms. The first-order valence-electron chi connectivity index (χ1n) is 13.8. The Bertz CT molecular complexity index is 641. The molecule has 0 amide bonds. The van der Waals surface area contributed by atoms with Crippen LogP contribution < -0.4 is 0 Å². The third-order valence-corrected chi connectivity index (χ3v) is 11.3. The van der Waals surface area contributed by atoms with E-state index >= 15 is 0 Å². The van der Waals surface area contributed by atoms with Crippen molar-refractivity contribution in [3.05, 3.63) is 0 Å². The smallest absolute Gasteiger partial charge is 0.302 e. The van der Waals surface area contributed by atoms with Gasteiger partial charge in [0, 0.05) is 6.92 Å². The molecule has 2 heteroatoms. The van der Waals surface area contributed by atoms with Crippen LogP contribution in [0.2, 0.25) is 0 Å². The van der Waals surface area contributed by atoms with Crippen molar-refractivity contribution in [2.45, 2.75) is 112 Å². The van der Waals surface area contributed by atoms with Crippen LogP contribution in [-0.2, 0) is 9.53 Å². The molecule has 0 N–H and O–H groups in total. The third-order valence-electron chi connectivity index (χ3n) is 11.3. The minimum absolute atomic E-state index is 0.102. The van der Waals surface area contributed by atoms with Crippen LogP contribution in [0, 0.1) is 58.2 Å². The molecule has 2 nitrogen and oxygen atoms in total. The van der Waals surface area contributed by atoms with Crippen molar-refractivity contribution in [2.75, 3.05) is 6.61 Å². The highest BCUT2D eigenvalue weighted by Crippen LogP contribution is 2.69. The Balaban J connectivity index is 1.43. The largest absolute Gasteiger partial charge is 0.466 e. The number of ether oxygens (including phenoxy) is 1. The lowest BCUT2D eigenvalue weighted by atomic mass is 9.46. The second-order valence-corrected chi connectivity index (χ2v) is 13.2. The van der Waals surface area contributed by atoms with Crippen LogP contribution in [0.25, 0.3) is 0 Å². The van der Waals surface area contributed by atoms with Crippen molar-refractivity contribution in [1.82, 2.24) is 0 Å². The van der Waals surface area contributed by atoms with Gasteiger partial charge in [0.05, 0.1) is 6.61 Å². The van der Waals surface area contributed by atoms with Crippen LogP contribution >= 0.6 is 0 Å². The van der Waals surface area contributed by atoms with Crippen molar-refractivity contribution >= 4 is 5.97 Å². The van der Waals surface area contributed by atoms with E-state index in [0.29, 0.717) is 23.4 Å². The van der Waals surface area contributed by atoms with E-state index in [1.165, 1.54) is 70.6 Å². The molecule has 0 aromatic heterocycles. The van der Waals surface area contributed by atoms with E-state index in [0.717, 1.165) is 41.4 Å². The average Bonchev–Trinajstić information content (AvgIpc) is 3.22. The molecule has 4 aliphatic rings. The molecule has 0 aliphatic heterocycles. The number of carbonyl (C=O) groups excluding carboxylic acids is 1. The molecule has 4 saturated carbocycles. The summed E-state index contributed by atoms with van der Waals surface area (Å²) in [6.07, 6.45) is 15.6. The van der Waals surface area contributed by atoms with Gasteiger partial charge >= 0.3 is 5.97 Å². The molecule has 178 valence electrons. The Kier molecular flexibility index (Phi) is 6.87. The molecule has 0 saturated heterocycles. The van der Waals surface area contributed by atoms with Crippen LogP contribution in [0.3, 0.4) is 0 Å². The van der Waals surface area contributed by atoms with Crippen molar-refractivity contribution in [3.8, 4) is 0 Å². The molecule has 9 atom stereocenters. The van der Waals surface area contributed by atoms with Crippen LogP contribution in [-0.4, -0.2) is 12.6 Å². The first-order chi connectivity index (χ1) is 14.7. The highest BCUT2D eigenvalue weighted by atomic mass is 16.5. The van der Waals surface area contributed by atoms with Gasteiger partial charge in [-0.1, -0.05) is 53.9 Å². The fourth-order valence-corrected chi connectivity index (χ4v) is 9.78. The summed E-state index contributed by atoms with van der Waals surface area (Å²) >= 11 is 0. The van der Waals surface area contributed by atoms with Crippen LogP contribution in [0.5, 0.6) is 0 Å². The summed E-state index contributed by atoms with van der Waals surface area (Å²) in [6.45, 7) is 14.9. The van der Waals surface area contributed by atoms with Gasteiger partial charge in [0.15, 0.2) is 0 Å². The predicted octanol–water partition coefficient (Wildman–Crippen LogP) is 7.90. The maximum atomic E-state index is 11.4. The minimum atomic E-state index is -0.102. The summed E-state index contributed by atoms with van der Waals surface area (Å²) in [5.41, 5.74) is 1.09. The minimum Gasteiger partial charge on any atom is -0.466 e. The van der Waals surface area contributed by atoms with Crippen LogP contribution in [0.15, 0.2) is 0 Å². The summed E-state index contributed by atoms with van der Waals surface area (Å²) in [7, 11) is 0. The van der Waals surface area contributed by atoms with Gasteiger partial charge < -0.3 is 4.74 Å². The Morgan fingerprint density at radius 2 is 1.55 bits per heavy atom. The van der Waals surface area contributed by atoms with E-state index in [1.54, 1.807) is 6.92 Å². The van der Waals surface area contributed by atoms with Crippen molar-refractivity contribution < 1.29 is 9.53 Å². The summed E-state index contributed by atoms with van der Waals surface area (Å²) in [5, 5.41) is 0. The first-order valence-corrected chi connectivity index (χ1v) is 13.8. The normalized spacial score (nSPS) is 45.1. The lowest BCUT2D eigenvalue weighted by Gasteiger charge is -2.58. The van der Waals surface area contributed by atoms with Gasteiger partial charge in [-0.3, -0.25) is 4.79 Å². The number of hydrogen-bond acceptors (Lipinski definition) is 2. The zero-order valence-corrected chi connectivity index (χ0v) is 21.4. The van der Waals surface area contributed by atoms with Gasteiger partial charge in [0.25, 0.3) is 0 Å². The Morgan fingerprint density at radius 1 is 0.871 bits per heavy atom. The van der Waals surface area contributed by atoms with Crippen LogP contribution in [0.4, 0.5) is 0 Å². The van der Waals surface area contributed by atoms with E-state index in [9.17, 15) is 4.79 Å². The second-order valence-electron chi connectivity index (χ2n) is 13.2. The molecular weight excluding hydrogens is 380 g/mol. The number of rotatable bonds is 7. The Hall–Kier alpha value is -0.530. The fourth-order valence-electron chi connectivity index (χ4n) is 9.78. The van der Waals surface area contributed by atoms with Gasteiger partial charge in [-0.25, -0.2) is 0 Å². The summed E-state index contributed by atoms with van der Waals surface area (Å²) in [5.74, 6) is 6.84. The van der Waals surface area contributed by atoms with Crippen molar-refractivity contribution in [1.29, 1.82) is 0 Å². The van der Waals surface area contributed by atoms with Crippen molar-refractivity contribution in [2.24, 2.45) is 58.2 Å². The quantitative estimate of drug-likeness (QED) is 0.384. The molecule has 0 unspecified atom stereocenters. The summed E-state index contributed by atoms with van der Waals surface area (Å²) in [6, 6.07) is 0. The SMILES string of the molecule is CC(=O)OC[C@@H]1CC[C@@]2(C)[C@H]1CC[C@@H]1[C@@H]2CC[C@]2(C)[C@@H]([C@H](C)CCCC(C)C)CC[C@@H]12. The number of esters is 1. The molecule has 0 aromatic carbocycles. The number of hydrogen-bond donors (Lipinski definition) is 0. The highest BCUT2D eigenvalue weighted by molar-refractivity contribution is 5.65. The standard InChI is InChI=1S/C29H50O2/c1-19(2)8-7-9-20(3)24-12-13-26-23-10-11-25-22(18-31-21(4)30)14-16-29(25,6)27(23)15-17-28(24,26)5/h19-20,22-27H,7-18H2,1-6H3/t20-,22+,23+,24-,25+,26+,27+,28-,29+/m1/s1. The molecule has 4 fully saturated rings. The Morgan fingerprint density at radius 3 is 2.26 bits per heavy atom. The highest BCUT2D eigenvalue weighted by Gasteiger charge is 2.62. The first kappa shape index (κ1) is 23.6. The van der Waals surface area contributed by atoms with E-state index in [4.69, 9.17) is 4.74 Å². The maximum Gasteiger partial charge on any atom is 0.302 e. The van der Waals surface area contributed by atoms with E-state index in [-0.39, 0.29) is 5.97 Å². The summed E-state index contributed by atoms with van der Waals surface area (Å²) < 4.78 is 5.49. The molecule has 0 heterocycles. The topological polar surface area (TPSA) is 26.3 Å². The molecule has 0 bridgehead atoms. The number of carbonyl (C=O) groups is 1. The van der Waals surface area contributed by atoms with Gasteiger partial charge in [0.2, 0.25) is 0 Å². The fraction of sp³-hybridized carbons (Fsp3) is 0.966. The van der Waals surface area contributed by atoms with E-state index in [2.05, 4.69) is 34.6 Å². The van der Waals surface area contributed by atoms with E-state index in [1.807, 2.05) is 0 Å². The third kappa shape index (κ3) is 4.23. The monoisotopic (exact) mass is 430 g/mol. The van der Waals surface area contributed by atoms with Gasteiger partial charge in [-0.05, 0) is 110 Å². The van der Waals surface area contributed by atoms with Gasteiger partial charge in [-0.2, -0.15) is 0 Å². The Labute approximate surface area is 192 Å². The molecule has 4 rings (SSSR count). The molecule has 0 aromatic rings. The van der Waals surface area contributed by atoms with Gasteiger partial charge in [0.1, 0.15) is 0 Å².